The maximum atomic E-state index is 13.3. The van der Waals surface area contributed by atoms with Gasteiger partial charge in [0, 0.05) is 55.3 Å². The molecule has 168 valence electrons. The molecule has 0 unspecified atom stereocenters. The molecule has 2 aromatic rings. The third kappa shape index (κ3) is 3.65. The van der Waals surface area contributed by atoms with Crippen LogP contribution in [0.25, 0.3) is 11.6 Å². The minimum atomic E-state index is -0.157. The Labute approximate surface area is 188 Å². The van der Waals surface area contributed by atoms with E-state index in [4.69, 9.17) is 0 Å². The lowest BCUT2D eigenvalue weighted by Gasteiger charge is -2.29. The van der Waals surface area contributed by atoms with Crippen molar-refractivity contribution >= 4 is 29.2 Å². The molecule has 0 atom stereocenters. The van der Waals surface area contributed by atoms with Crippen molar-refractivity contribution in [2.75, 3.05) is 44.6 Å². The van der Waals surface area contributed by atoms with E-state index in [0.29, 0.717) is 12.0 Å². The number of H-pyrrole nitrogens is 1. The highest BCUT2D eigenvalue weighted by Gasteiger charge is 2.31. The molecule has 0 saturated carbocycles. The fourth-order valence-corrected chi connectivity index (χ4v) is 5.23. The molecule has 7 nitrogen and oxygen atoms in total. The first-order valence-corrected chi connectivity index (χ1v) is 11.6. The molecule has 1 fully saturated rings. The Morgan fingerprint density at radius 3 is 2.69 bits per heavy atom. The molecule has 3 aliphatic heterocycles. The second-order valence-electron chi connectivity index (χ2n) is 8.93. The van der Waals surface area contributed by atoms with Gasteiger partial charge in [0.1, 0.15) is 0 Å². The number of aliphatic hydroxyl groups is 1. The van der Waals surface area contributed by atoms with Gasteiger partial charge < -0.3 is 25.2 Å². The minimum absolute atomic E-state index is 0.0233. The van der Waals surface area contributed by atoms with E-state index in [2.05, 4.69) is 15.2 Å². The summed E-state index contributed by atoms with van der Waals surface area (Å²) in [5, 5.41) is 12.4. The molecule has 0 bridgehead atoms. The molecular weight excluding hydrogens is 404 g/mol. The van der Waals surface area contributed by atoms with Gasteiger partial charge in [-0.2, -0.15) is 0 Å². The van der Waals surface area contributed by atoms with Gasteiger partial charge in [-0.05, 0) is 62.5 Å². The molecule has 4 heterocycles. The number of fused-ring (bicyclic) bond motifs is 2. The zero-order chi connectivity index (χ0) is 22.2. The Bertz CT molecular complexity index is 1090. The van der Waals surface area contributed by atoms with Gasteiger partial charge in [-0.15, -0.1) is 0 Å². The lowest BCUT2D eigenvalue weighted by atomic mass is 9.97. The van der Waals surface area contributed by atoms with E-state index in [1.165, 1.54) is 12.8 Å². The number of hydrogen-bond donors (Lipinski definition) is 3. The number of nitrogens with zero attached hydrogens (tertiary/aromatic N) is 2. The summed E-state index contributed by atoms with van der Waals surface area (Å²) < 4.78 is 0. The number of anilines is 1. The van der Waals surface area contributed by atoms with Gasteiger partial charge in [0.2, 0.25) is 0 Å². The summed E-state index contributed by atoms with van der Waals surface area (Å²) in [6.45, 7) is 6.67. The predicted molar refractivity (Wildman–Crippen MR) is 125 cm³/mol. The van der Waals surface area contributed by atoms with E-state index >= 15 is 0 Å². The smallest absolute Gasteiger partial charge is 0.256 e. The molecule has 1 aromatic heterocycles. The number of amides is 2. The number of carbonyl (C=O) groups is 2. The molecule has 1 aromatic carbocycles. The Morgan fingerprint density at radius 1 is 1.09 bits per heavy atom. The normalized spacial score (nSPS) is 19.6. The fourth-order valence-electron chi connectivity index (χ4n) is 5.23. The van der Waals surface area contributed by atoms with Gasteiger partial charge >= 0.3 is 0 Å². The van der Waals surface area contributed by atoms with Crippen LogP contribution in [0.4, 0.5) is 5.69 Å². The summed E-state index contributed by atoms with van der Waals surface area (Å²) in [6, 6.07) is 5.71. The number of likely N-dealkylation sites (tertiary alicyclic amines) is 1. The maximum absolute atomic E-state index is 13.3. The molecule has 5 rings (SSSR count). The summed E-state index contributed by atoms with van der Waals surface area (Å²) in [7, 11) is 0. The fraction of sp³-hybridized carbons (Fsp3) is 0.440. The first-order chi connectivity index (χ1) is 15.6. The molecule has 0 spiro atoms. The van der Waals surface area contributed by atoms with Gasteiger partial charge in [0.15, 0.2) is 0 Å². The Kier molecular flexibility index (Phi) is 5.61. The molecular formula is C25H30N4O3. The van der Waals surface area contributed by atoms with Gasteiger partial charge in [-0.25, -0.2) is 0 Å². The van der Waals surface area contributed by atoms with Crippen LogP contribution in [-0.2, 0) is 17.6 Å². The maximum Gasteiger partial charge on any atom is 0.256 e. The molecule has 32 heavy (non-hydrogen) atoms. The average Bonchev–Trinajstić information content (AvgIpc) is 3.48. The highest BCUT2D eigenvalue weighted by molar-refractivity contribution is 6.35. The minimum Gasteiger partial charge on any atom is -0.396 e. The number of benzene rings is 1. The van der Waals surface area contributed by atoms with Crippen molar-refractivity contribution in [3.05, 3.63) is 51.8 Å². The highest BCUT2D eigenvalue weighted by Crippen LogP contribution is 2.37. The standard InChI is InChI=1S/C25H30N4O3/c1-16-21(15-18-23-17(8-14-30)5-4-6-19(23)27-24(18)31)26-20-7-11-29(25(32)22(16)20)13-12-28-9-2-3-10-28/h4-6,15,26,30H,2-3,7-14H2,1H3,(H,27,31)/b18-15-. The van der Waals surface area contributed by atoms with Crippen molar-refractivity contribution in [3.8, 4) is 0 Å². The van der Waals surface area contributed by atoms with Crippen molar-refractivity contribution in [2.24, 2.45) is 0 Å². The summed E-state index contributed by atoms with van der Waals surface area (Å²) in [5.41, 5.74) is 6.54. The molecule has 1 saturated heterocycles. The lowest BCUT2D eigenvalue weighted by Crippen LogP contribution is -2.42. The van der Waals surface area contributed by atoms with Crippen molar-refractivity contribution in [2.45, 2.75) is 32.6 Å². The first kappa shape index (κ1) is 21.0. The zero-order valence-electron chi connectivity index (χ0n) is 18.5. The molecule has 3 N–H and O–H groups in total. The van der Waals surface area contributed by atoms with E-state index < -0.39 is 0 Å². The van der Waals surface area contributed by atoms with Crippen LogP contribution in [0, 0.1) is 6.92 Å². The zero-order valence-corrected chi connectivity index (χ0v) is 18.5. The van der Waals surface area contributed by atoms with Gasteiger partial charge in [-0.3, -0.25) is 9.59 Å². The Morgan fingerprint density at radius 2 is 1.91 bits per heavy atom. The van der Waals surface area contributed by atoms with Crippen LogP contribution in [0.15, 0.2) is 18.2 Å². The summed E-state index contributed by atoms with van der Waals surface area (Å²) in [6.07, 6.45) is 5.65. The summed E-state index contributed by atoms with van der Waals surface area (Å²) >= 11 is 0. The average molecular weight is 435 g/mol. The number of rotatable bonds is 6. The van der Waals surface area contributed by atoms with Crippen LogP contribution < -0.4 is 5.32 Å². The van der Waals surface area contributed by atoms with Crippen LogP contribution in [0.1, 0.15) is 51.3 Å². The third-order valence-electron chi connectivity index (χ3n) is 6.97. The largest absolute Gasteiger partial charge is 0.396 e. The first-order valence-electron chi connectivity index (χ1n) is 11.6. The molecule has 7 heteroatoms. The second-order valence-corrected chi connectivity index (χ2v) is 8.93. The molecule has 3 aliphatic rings. The number of hydrogen-bond acceptors (Lipinski definition) is 4. The second kappa shape index (κ2) is 8.56. The van der Waals surface area contributed by atoms with Gasteiger partial charge in [-0.1, -0.05) is 12.1 Å². The monoisotopic (exact) mass is 434 g/mol. The Hall–Kier alpha value is -2.90. The number of aromatic amines is 1. The number of aromatic nitrogens is 1. The highest BCUT2D eigenvalue weighted by atomic mass is 16.3. The van der Waals surface area contributed by atoms with Crippen LogP contribution in [0.2, 0.25) is 0 Å². The third-order valence-corrected chi connectivity index (χ3v) is 6.97. The lowest BCUT2D eigenvalue weighted by molar-refractivity contribution is -0.110. The van der Waals surface area contributed by atoms with Crippen molar-refractivity contribution < 1.29 is 14.7 Å². The van der Waals surface area contributed by atoms with E-state index in [0.717, 1.165) is 78.5 Å². The summed E-state index contributed by atoms with van der Waals surface area (Å²) in [5.74, 6) is -0.0722. The van der Waals surface area contributed by atoms with E-state index in [9.17, 15) is 14.7 Å². The Balaban J connectivity index is 1.43. The topological polar surface area (TPSA) is 88.7 Å². The quantitative estimate of drug-likeness (QED) is 0.610. The van der Waals surface area contributed by atoms with Crippen molar-refractivity contribution in [1.29, 1.82) is 0 Å². The van der Waals surface area contributed by atoms with Crippen LogP contribution in [0.3, 0.4) is 0 Å². The number of carbonyl (C=O) groups excluding carboxylic acids is 2. The van der Waals surface area contributed by atoms with Gasteiger partial charge in [0.05, 0.1) is 11.1 Å². The van der Waals surface area contributed by atoms with Gasteiger partial charge in [0.25, 0.3) is 11.8 Å². The van der Waals surface area contributed by atoms with E-state index in [1.54, 1.807) is 0 Å². The van der Waals surface area contributed by atoms with E-state index in [-0.39, 0.29) is 18.4 Å². The SMILES string of the molecule is Cc1c(/C=C2\C(=O)Nc3cccc(CCO)c32)[nH]c2c1C(=O)N(CCN1CCCC1)CC2. The molecule has 0 radical (unpaired) electrons. The molecule has 0 aliphatic carbocycles. The van der Waals surface area contributed by atoms with Crippen molar-refractivity contribution in [1.82, 2.24) is 14.8 Å². The van der Waals surface area contributed by atoms with Crippen LogP contribution in [-0.4, -0.2) is 71.0 Å². The van der Waals surface area contributed by atoms with Crippen LogP contribution >= 0.6 is 0 Å². The predicted octanol–water partition coefficient (Wildman–Crippen LogP) is 2.44. The van der Waals surface area contributed by atoms with E-state index in [1.807, 2.05) is 36.1 Å². The number of aliphatic hydroxyl groups excluding tert-OH is 1. The summed E-state index contributed by atoms with van der Waals surface area (Å²) in [4.78, 5) is 33.8. The number of nitrogens with one attached hydrogen (secondary N) is 2. The van der Waals surface area contributed by atoms with Crippen molar-refractivity contribution in [3.63, 3.8) is 0 Å². The van der Waals surface area contributed by atoms with Crippen LogP contribution in [0.5, 0.6) is 0 Å². The molecule has 2 amide bonds.